The Morgan fingerprint density at radius 3 is 1.75 bits per heavy atom. The first-order chi connectivity index (χ1) is 6.52. The van der Waals surface area contributed by atoms with Crippen molar-refractivity contribution >= 4 is 30.5 Å². The molecular formula is C12H22Cl2N2. The standard InChI is InChI=1S/C12H20N2.2ClH/c1-9(2)12(13)10-5-7-11(8-6-10)14(3)4;;/h5-9,12H,13H2,1-4H3;2*1H/t12-;;/m0../s1. The summed E-state index contributed by atoms with van der Waals surface area (Å²) in [7, 11) is 4.08. The summed E-state index contributed by atoms with van der Waals surface area (Å²) in [6.07, 6.45) is 0. The average Bonchev–Trinajstić information content (AvgIpc) is 2.16. The molecule has 2 nitrogen and oxygen atoms in total. The summed E-state index contributed by atoms with van der Waals surface area (Å²) in [5.74, 6) is 0.486. The normalized spacial score (nSPS) is 11.4. The van der Waals surface area contributed by atoms with Gasteiger partial charge < -0.3 is 10.6 Å². The summed E-state index contributed by atoms with van der Waals surface area (Å²) < 4.78 is 0. The van der Waals surface area contributed by atoms with Crippen LogP contribution < -0.4 is 10.6 Å². The van der Waals surface area contributed by atoms with Crippen LogP contribution in [0.2, 0.25) is 0 Å². The van der Waals surface area contributed by atoms with E-state index >= 15 is 0 Å². The third kappa shape index (κ3) is 4.60. The highest BCUT2D eigenvalue weighted by atomic mass is 35.5. The Bertz CT molecular complexity index is 284. The first-order valence-corrected chi connectivity index (χ1v) is 5.05. The largest absolute Gasteiger partial charge is 0.378 e. The van der Waals surface area contributed by atoms with Gasteiger partial charge in [-0.2, -0.15) is 0 Å². The van der Waals surface area contributed by atoms with Crippen molar-refractivity contribution in [2.75, 3.05) is 19.0 Å². The smallest absolute Gasteiger partial charge is 0.0361 e. The SMILES string of the molecule is CC(C)[C@H](N)c1ccc(N(C)C)cc1.Cl.Cl. The number of rotatable bonds is 3. The van der Waals surface area contributed by atoms with Crippen LogP contribution in [0.1, 0.15) is 25.5 Å². The second-order valence-corrected chi connectivity index (χ2v) is 4.26. The molecule has 2 N–H and O–H groups in total. The van der Waals surface area contributed by atoms with E-state index in [1.807, 2.05) is 14.1 Å². The molecule has 0 aliphatic carbocycles. The lowest BCUT2D eigenvalue weighted by atomic mass is 9.97. The summed E-state index contributed by atoms with van der Waals surface area (Å²) in [4.78, 5) is 2.09. The van der Waals surface area contributed by atoms with Crippen molar-refractivity contribution in [1.29, 1.82) is 0 Å². The van der Waals surface area contributed by atoms with E-state index in [0.717, 1.165) is 0 Å². The molecule has 0 unspecified atom stereocenters. The molecule has 0 spiro atoms. The molecule has 4 heteroatoms. The van der Waals surface area contributed by atoms with Crippen molar-refractivity contribution in [3.8, 4) is 0 Å². The van der Waals surface area contributed by atoms with Crippen molar-refractivity contribution in [3.05, 3.63) is 29.8 Å². The minimum atomic E-state index is 0. The number of halogens is 2. The van der Waals surface area contributed by atoms with Crippen LogP contribution in [0.25, 0.3) is 0 Å². The molecule has 1 aromatic rings. The van der Waals surface area contributed by atoms with Crippen LogP contribution in [0.3, 0.4) is 0 Å². The van der Waals surface area contributed by atoms with E-state index in [1.165, 1.54) is 11.3 Å². The number of anilines is 1. The Kier molecular flexibility index (Phi) is 8.71. The quantitative estimate of drug-likeness (QED) is 0.909. The molecule has 0 saturated carbocycles. The van der Waals surface area contributed by atoms with Gasteiger partial charge in [-0.15, -0.1) is 24.8 Å². The van der Waals surface area contributed by atoms with Gasteiger partial charge in [0.05, 0.1) is 0 Å². The lowest BCUT2D eigenvalue weighted by Gasteiger charge is -2.18. The van der Waals surface area contributed by atoms with E-state index in [4.69, 9.17) is 5.73 Å². The van der Waals surface area contributed by atoms with Crippen molar-refractivity contribution in [2.45, 2.75) is 19.9 Å². The van der Waals surface area contributed by atoms with Crippen LogP contribution in [0.5, 0.6) is 0 Å². The number of nitrogens with two attached hydrogens (primary N) is 1. The average molecular weight is 265 g/mol. The Morgan fingerprint density at radius 2 is 1.44 bits per heavy atom. The predicted molar refractivity (Wildman–Crippen MR) is 77.0 cm³/mol. The number of benzene rings is 1. The molecule has 0 fully saturated rings. The second kappa shape index (κ2) is 7.77. The lowest BCUT2D eigenvalue weighted by molar-refractivity contribution is 0.514. The van der Waals surface area contributed by atoms with Crippen molar-refractivity contribution < 1.29 is 0 Å². The van der Waals surface area contributed by atoms with Gasteiger partial charge in [-0.3, -0.25) is 0 Å². The fourth-order valence-electron chi connectivity index (χ4n) is 1.38. The topological polar surface area (TPSA) is 29.3 Å². The molecule has 0 amide bonds. The number of nitrogens with zero attached hydrogens (tertiary/aromatic N) is 1. The molecule has 94 valence electrons. The first kappa shape index (κ1) is 17.9. The second-order valence-electron chi connectivity index (χ2n) is 4.26. The first-order valence-electron chi connectivity index (χ1n) is 5.05. The van der Waals surface area contributed by atoms with Gasteiger partial charge in [-0.05, 0) is 23.6 Å². The minimum Gasteiger partial charge on any atom is -0.378 e. The van der Waals surface area contributed by atoms with E-state index in [0.29, 0.717) is 5.92 Å². The Labute approximate surface area is 111 Å². The van der Waals surface area contributed by atoms with Gasteiger partial charge in [0.25, 0.3) is 0 Å². The van der Waals surface area contributed by atoms with Crippen LogP contribution in [0, 0.1) is 5.92 Å². The molecule has 0 radical (unpaired) electrons. The predicted octanol–water partition coefficient (Wildman–Crippen LogP) is 3.25. The molecular weight excluding hydrogens is 243 g/mol. The molecule has 0 aliphatic rings. The molecule has 1 atom stereocenters. The van der Waals surface area contributed by atoms with E-state index < -0.39 is 0 Å². The fraction of sp³-hybridized carbons (Fsp3) is 0.500. The maximum absolute atomic E-state index is 6.05. The summed E-state index contributed by atoms with van der Waals surface area (Å²) in [6.45, 7) is 4.29. The maximum atomic E-state index is 6.05. The van der Waals surface area contributed by atoms with Gasteiger partial charge in [0.15, 0.2) is 0 Å². The monoisotopic (exact) mass is 264 g/mol. The highest BCUT2D eigenvalue weighted by Crippen LogP contribution is 2.21. The van der Waals surface area contributed by atoms with Crippen LogP contribution in [0.4, 0.5) is 5.69 Å². The molecule has 0 aliphatic heterocycles. The third-order valence-corrected chi connectivity index (χ3v) is 2.51. The van der Waals surface area contributed by atoms with E-state index in [9.17, 15) is 0 Å². The zero-order chi connectivity index (χ0) is 10.7. The van der Waals surface area contributed by atoms with Crippen LogP contribution in [-0.4, -0.2) is 14.1 Å². The summed E-state index contributed by atoms with van der Waals surface area (Å²) >= 11 is 0. The van der Waals surface area contributed by atoms with Crippen LogP contribution in [0.15, 0.2) is 24.3 Å². The van der Waals surface area contributed by atoms with Gasteiger partial charge >= 0.3 is 0 Å². The fourth-order valence-corrected chi connectivity index (χ4v) is 1.38. The summed E-state index contributed by atoms with van der Waals surface area (Å²) in [5, 5.41) is 0. The zero-order valence-electron chi connectivity index (χ0n) is 10.3. The van der Waals surface area contributed by atoms with Gasteiger partial charge in [0.1, 0.15) is 0 Å². The van der Waals surface area contributed by atoms with E-state index in [-0.39, 0.29) is 30.9 Å². The minimum absolute atomic E-state index is 0. The Balaban J connectivity index is 0. The van der Waals surface area contributed by atoms with Gasteiger partial charge in [0, 0.05) is 25.8 Å². The highest BCUT2D eigenvalue weighted by Gasteiger charge is 2.09. The Hall–Kier alpha value is -0.440. The van der Waals surface area contributed by atoms with Crippen LogP contribution >= 0.6 is 24.8 Å². The van der Waals surface area contributed by atoms with E-state index in [2.05, 4.69) is 43.0 Å². The molecule has 16 heavy (non-hydrogen) atoms. The van der Waals surface area contributed by atoms with E-state index in [1.54, 1.807) is 0 Å². The van der Waals surface area contributed by atoms with Gasteiger partial charge in [-0.25, -0.2) is 0 Å². The lowest BCUT2D eigenvalue weighted by Crippen LogP contribution is -2.17. The van der Waals surface area contributed by atoms with Crippen molar-refractivity contribution in [2.24, 2.45) is 11.7 Å². The van der Waals surface area contributed by atoms with Gasteiger partial charge in [-0.1, -0.05) is 26.0 Å². The van der Waals surface area contributed by atoms with Gasteiger partial charge in [0.2, 0.25) is 0 Å². The van der Waals surface area contributed by atoms with Crippen LogP contribution in [-0.2, 0) is 0 Å². The van der Waals surface area contributed by atoms with Crippen molar-refractivity contribution in [3.63, 3.8) is 0 Å². The molecule has 1 aromatic carbocycles. The Morgan fingerprint density at radius 1 is 1.00 bits per heavy atom. The van der Waals surface area contributed by atoms with Crippen molar-refractivity contribution in [1.82, 2.24) is 0 Å². The molecule has 1 rings (SSSR count). The summed E-state index contributed by atoms with van der Waals surface area (Å²) in [5.41, 5.74) is 8.48. The number of hydrogen-bond acceptors (Lipinski definition) is 2. The molecule has 0 saturated heterocycles. The molecule has 0 aromatic heterocycles. The third-order valence-electron chi connectivity index (χ3n) is 2.51. The number of hydrogen-bond donors (Lipinski definition) is 1. The molecule has 0 heterocycles. The summed E-state index contributed by atoms with van der Waals surface area (Å²) in [6, 6.07) is 8.58. The molecule has 0 bridgehead atoms. The zero-order valence-corrected chi connectivity index (χ0v) is 11.9. The highest BCUT2D eigenvalue weighted by molar-refractivity contribution is 5.85. The maximum Gasteiger partial charge on any atom is 0.0361 e.